The van der Waals surface area contributed by atoms with Gasteiger partial charge < -0.3 is 23.8 Å². The molecule has 0 fully saturated rings. The predicted octanol–water partition coefficient (Wildman–Crippen LogP) is 3.29. The van der Waals surface area contributed by atoms with Gasteiger partial charge in [-0.3, -0.25) is 4.79 Å². The van der Waals surface area contributed by atoms with Gasteiger partial charge >= 0.3 is 5.97 Å². The number of rotatable bonds is 10. The number of amides is 1. The van der Waals surface area contributed by atoms with Crippen LogP contribution in [0.3, 0.4) is 0 Å². The average molecular weight is 415 g/mol. The first-order valence-electron chi connectivity index (χ1n) is 9.71. The number of benzene rings is 2. The Labute approximate surface area is 177 Å². The highest BCUT2D eigenvalue weighted by atomic mass is 16.6. The number of ether oxygens (including phenoxy) is 4. The third-order valence-electron chi connectivity index (χ3n) is 4.46. The standard InChI is InChI=1S/C23H29NO6/c1-6-24(13-18-7-8-20(27-4)21(12-18)28-5)22(25)14-30-23(26)15-29-19-10-16(2)9-17(3)11-19/h7-12H,6,13-15H2,1-5H3. The molecule has 0 aliphatic heterocycles. The van der Waals surface area contributed by atoms with Crippen LogP contribution in [-0.4, -0.2) is 50.8 Å². The third-order valence-corrected chi connectivity index (χ3v) is 4.46. The van der Waals surface area contributed by atoms with Gasteiger partial charge in [-0.1, -0.05) is 12.1 Å². The van der Waals surface area contributed by atoms with Crippen LogP contribution in [0.1, 0.15) is 23.6 Å². The van der Waals surface area contributed by atoms with Crippen molar-refractivity contribution in [3.8, 4) is 17.2 Å². The molecule has 1 amide bonds. The molecule has 0 N–H and O–H groups in total. The maximum Gasteiger partial charge on any atom is 0.344 e. The molecule has 0 radical (unpaired) electrons. The molecule has 162 valence electrons. The van der Waals surface area contributed by atoms with Crippen LogP contribution >= 0.6 is 0 Å². The van der Waals surface area contributed by atoms with E-state index in [2.05, 4.69) is 0 Å². The molecule has 0 spiro atoms. The molecular formula is C23H29NO6. The van der Waals surface area contributed by atoms with Crippen molar-refractivity contribution in [2.24, 2.45) is 0 Å². The quantitative estimate of drug-likeness (QED) is 0.555. The van der Waals surface area contributed by atoms with Crippen LogP contribution in [0, 0.1) is 13.8 Å². The van der Waals surface area contributed by atoms with Gasteiger partial charge in [0.05, 0.1) is 14.2 Å². The average Bonchev–Trinajstić information content (AvgIpc) is 2.73. The number of nitrogens with zero attached hydrogens (tertiary/aromatic N) is 1. The van der Waals surface area contributed by atoms with Gasteiger partial charge in [-0.15, -0.1) is 0 Å². The smallest absolute Gasteiger partial charge is 0.344 e. The predicted molar refractivity (Wildman–Crippen MR) is 113 cm³/mol. The highest BCUT2D eigenvalue weighted by Gasteiger charge is 2.16. The van der Waals surface area contributed by atoms with Crippen molar-refractivity contribution in [1.82, 2.24) is 4.90 Å². The van der Waals surface area contributed by atoms with Crippen LogP contribution < -0.4 is 14.2 Å². The molecule has 2 aromatic carbocycles. The Balaban J connectivity index is 1.86. The van der Waals surface area contributed by atoms with Crippen molar-refractivity contribution < 1.29 is 28.5 Å². The molecule has 7 heteroatoms. The molecular weight excluding hydrogens is 386 g/mol. The normalized spacial score (nSPS) is 10.3. The fraction of sp³-hybridized carbons (Fsp3) is 0.391. The summed E-state index contributed by atoms with van der Waals surface area (Å²) < 4.78 is 21.1. The largest absolute Gasteiger partial charge is 0.493 e. The number of aryl methyl sites for hydroxylation is 2. The summed E-state index contributed by atoms with van der Waals surface area (Å²) in [6.07, 6.45) is 0. The lowest BCUT2D eigenvalue weighted by atomic mass is 10.1. The van der Waals surface area contributed by atoms with Gasteiger partial charge in [0.15, 0.2) is 24.7 Å². The molecule has 0 aromatic heterocycles. The molecule has 0 aliphatic rings. The molecule has 0 atom stereocenters. The molecule has 0 unspecified atom stereocenters. The van der Waals surface area contributed by atoms with Gasteiger partial charge in [-0.2, -0.15) is 0 Å². The summed E-state index contributed by atoms with van der Waals surface area (Å²) in [5.41, 5.74) is 2.97. The summed E-state index contributed by atoms with van der Waals surface area (Å²) in [6.45, 7) is 6.02. The van der Waals surface area contributed by atoms with Crippen molar-refractivity contribution in [3.63, 3.8) is 0 Å². The van der Waals surface area contributed by atoms with Crippen LogP contribution in [0.4, 0.5) is 0 Å². The molecule has 0 bridgehead atoms. The Kier molecular flexibility index (Phi) is 8.53. The lowest BCUT2D eigenvalue weighted by Gasteiger charge is -2.21. The fourth-order valence-corrected chi connectivity index (χ4v) is 3.01. The van der Waals surface area contributed by atoms with Gasteiger partial charge in [0.1, 0.15) is 5.75 Å². The molecule has 7 nitrogen and oxygen atoms in total. The van der Waals surface area contributed by atoms with Crippen LogP contribution in [0.25, 0.3) is 0 Å². The third kappa shape index (κ3) is 6.69. The highest BCUT2D eigenvalue weighted by molar-refractivity contribution is 5.81. The van der Waals surface area contributed by atoms with Gasteiger partial charge in [-0.25, -0.2) is 4.79 Å². The first-order valence-corrected chi connectivity index (χ1v) is 9.71. The Morgan fingerprint density at radius 3 is 2.17 bits per heavy atom. The first kappa shape index (κ1) is 23.1. The zero-order valence-corrected chi connectivity index (χ0v) is 18.2. The van der Waals surface area contributed by atoms with Gasteiger partial charge in [0.25, 0.3) is 5.91 Å². The van der Waals surface area contributed by atoms with Crippen LogP contribution in [0.5, 0.6) is 17.2 Å². The van der Waals surface area contributed by atoms with Gasteiger partial charge in [-0.05, 0) is 61.7 Å². The second-order valence-corrected chi connectivity index (χ2v) is 6.87. The molecule has 2 rings (SSSR count). The maximum absolute atomic E-state index is 12.5. The minimum Gasteiger partial charge on any atom is -0.493 e. The van der Waals surface area contributed by atoms with Crippen molar-refractivity contribution in [2.45, 2.75) is 27.3 Å². The van der Waals surface area contributed by atoms with Crippen molar-refractivity contribution in [2.75, 3.05) is 34.0 Å². The van der Waals surface area contributed by atoms with E-state index in [0.717, 1.165) is 16.7 Å². The topological polar surface area (TPSA) is 74.3 Å². The number of carbonyl (C=O) groups is 2. The Hall–Kier alpha value is -3.22. The summed E-state index contributed by atoms with van der Waals surface area (Å²) in [6, 6.07) is 11.2. The van der Waals surface area contributed by atoms with E-state index in [-0.39, 0.29) is 19.1 Å². The van der Waals surface area contributed by atoms with E-state index in [1.54, 1.807) is 25.2 Å². The summed E-state index contributed by atoms with van der Waals surface area (Å²) >= 11 is 0. The molecule has 0 saturated heterocycles. The van der Waals surface area contributed by atoms with E-state index in [1.807, 2.05) is 51.1 Å². The van der Waals surface area contributed by atoms with E-state index in [4.69, 9.17) is 18.9 Å². The molecule has 0 aliphatic carbocycles. The minimum absolute atomic E-state index is 0.252. The van der Waals surface area contributed by atoms with Crippen LogP contribution in [-0.2, 0) is 20.9 Å². The summed E-state index contributed by atoms with van der Waals surface area (Å²) in [5, 5.41) is 0. The second-order valence-electron chi connectivity index (χ2n) is 6.87. The molecule has 0 heterocycles. The maximum atomic E-state index is 12.5. The number of methoxy groups -OCH3 is 2. The number of esters is 1. The number of carbonyl (C=O) groups excluding carboxylic acids is 2. The van der Waals surface area contributed by atoms with E-state index in [0.29, 0.717) is 30.3 Å². The van der Waals surface area contributed by atoms with Crippen molar-refractivity contribution >= 4 is 11.9 Å². The highest BCUT2D eigenvalue weighted by Crippen LogP contribution is 2.28. The van der Waals surface area contributed by atoms with E-state index >= 15 is 0 Å². The lowest BCUT2D eigenvalue weighted by molar-refractivity contribution is -0.153. The van der Waals surface area contributed by atoms with Gasteiger partial charge in [0, 0.05) is 13.1 Å². The Morgan fingerprint density at radius 1 is 0.900 bits per heavy atom. The summed E-state index contributed by atoms with van der Waals surface area (Å²) in [4.78, 5) is 26.0. The monoisotopic (exact) mass is 415 g/mol. The first-order chi connectivity index (χ1) is 14.4. The summed E-state index contributed by atoms with van der Waals surface area (Å²) in [5.74, 6) is 0.929. The van der Waals surface area contributed by atoms with E-state index in [1.165, 1.54) is 0 Å². The van der Waals surface area contributed by atoms with Gasteiger partial charge in [0.2, 0.25) is 0 Å². The lowest BCUT2D eigenvalue weighted by Crippen LogP contribution is -2.34. The summed E-state index contributed by atoms with van der Waals surface area (Å²) in [7, 11) is 3.13. The minimum atomic E-state index is -0.593. The zero-order chi connectivity index (χ0) is 22.1. The van der Waals surface area contributed by atoms with Crippen molar-refractivity contribution in [3.05, 3.63) is 53.1 Å². The van der Waals surface area contributed by atoms with Crippen LogP contribution in [0.15, 0.2) is 36.4 Å². The molecule has 30 heavy (non-hydrogen) atoms. The molecule has 2 aromatic rings. The Morgan fingerprint density at radius 2 is 1.57 bits per heavy atom. The fourth-order valence-electron chi connectivity index (χ4n) is 3.01. The van der Waals surface area contributed by atoms with Crippen molar-refractivity contribution in [1.29, 1.82) is 0 Å². The second kappa shape index (κ2) is 11.1. The zero-order valence-electron chi connectivity index (χ0n) is 18.2. The number of likely N-dealkylation sites (N-methyl/N-ethyl adjacent to an activating group) is 1. The molecule has 0 saturated carbocycles. The number of hydrogen-bond acceptors (Lipinski definition) is 6. The van der Waals surface area contributed by atoms with E-state index in [9.17, 15) is 9.59 Å². The SMILES string of the molecule is CCN(Cc1ccc(OC)c(OC)c1)C(=O)COC(=O)COc1cc(C)cc(C)c1. The van der Waals surface area contributed by atoms with Crippen LogP contribution in [0.2, 0.25) is 0 Å². The number of hydrogen-bond donors (Lipinski definition) is 0. The Bertz CT molecular complexity index is 860. The van der Waals surface area contributed by atoms with E-state index < -0.39 is 5.97 Å².